The molecule has 0 radical (unpaired) electrons. The lowest BCUT2D eigenvalue weighted by atomic mass is 10.7. The molecule has 0 saturated carbocycles. The molecule has 0 amide bonds. The first kappa shape index (κ1) is 7.44. The van der Waals surface area contributed by atoms with E-state index in [1.54, 1.807) is 0 Å². The summed E-state index contributed by atoms with van der Waals surface area (Å²) in [5.74, 6) is 0.369. The number of fused-ring (bicyclic) bond motifs is 1. The molecule has 2 rings (SSSR count). The summed E-state index contributed by atoms with van der Waals surface area (Å²) in [4.78, 5) is 7.58. The molecule has 0 saturated heterocycles. The Morgan fingerprint density at radius 3 is 3.00 bits per heavy atom. The van der Waals surface area contributed by atoms with Gasteiger partial charge in [-0.1, -0.05) is 0 Å². The van der Waals surface area contributed by atoms with Gasteiger partial charge in [-0.25, -0.2) is 23.5 Å². The molecule has 0 aromatic carbocycles. The maximum Gasteiger partial charge on any atom is 0.236 e. The largest absolute Gasteiger partial charge is 0.292 e. The summed E-state index contributed by atoms with van der Waals surface area (Å²) in [5, 5.41) is 4.05. The van der Waals surface area contributed by atoms with E-state index >= 15 is 0 Å². The number of nitrogens with zero attached hydrogens (tertiary/aromatic N) is 3. The molecular formula is C5H6N4O2S. The number of hydrogen-bond acceptors (Lipinski definition) is 4. The van der Waals surface area contributed by atoms with Crippen molar-refractivity contribution in [2.24, 2.45) is 10.1 Å². The second kappa shape index (κ2) is 2.14. The summed E-state index contributed by atoms with van der Waals surface area (Å²) in [5.41, 5.74) is 0. The van der Waals surface area contributed by atoms with Crippen molar-refractivity contribution in [2.75, 3.05) is 0 Å². The molecule has 1 aromatic rings. The van der Waals surface area contributed by atoms with Gasteiger partial charge in [-0.15, -0.1) is 0 Å². The zero-order valence-corrected chi connectivity index (χ0v) is 6.77. The quantitative estimate of drug-likeness (QED) is 0.634. The first-order chi connectivity index (χ1) is 5.59. The van der Waals surface area contributed by atoms with E-state index in [0.717, 1.165) is 0 Å². The van der Waals surface area contributed by atoms with E-state index in [1.165, 1.54) is 23.2 Å². The van der Waals surface area contributed by atoms with Crippen LogP contribution in [0.3, 0.4) is 0 Å². The molecule has 1 atom stereocenters. The lowest BCUT2D eigenvalue weighted by molar-refractivity contribution is 0.582. The fourth-order valence-electron chi connectivity index (χ4n) is 1.05. The average molecular weight is 186 g/mol. The summed E-state index contributed by atoms with van der Waals surface area (Å²) in [6.07, 6.45) is 4.26. The zero-order valence-electron chi connectivity index (χ0n) is 5.95. The molecule has 12 heavy (non-hydrogen) atoms. The van der Waals surface area contributed by atoms with Crippen LogP contribution in [0.4, 0.5) is 5.95 Å². The third-order valence-corrected chi connectivity index (χ3v) is 2.60. The predicted octanol–water partition coefficient (Wildman–Crippen LogP) is -0.614. The molecule has 1 aliphatic rings. The van der Waals surface area contributed by atoms with E-state index in [-0.39, 0.29) is 0 Å². The Hall–Kier alpha value is -1.21. The van der Waals surface area contributed by atoms with Crippen LogP contribution in [0.1, 0.15) is 5.37 Å². The smallest absolute Gasteiger partial charge is 0.236 e. The zero-order chi connectivity index (χ0) is 8.77. The van der Waals surface area contributed by atoms with E-state index in [4.69, 9.17) is 5.14 Å². The van der Waals surface area contributed by atoms with E-state index in [9.17, 15) is 8.42 Å². The molecular weight excluding hydrogens is 180 g/mol. The molecule has 7 heteroatoms. The summed E-state index contributed by atoms with van der Waals surface area (Å²) < 4.78 is 23.3. The van der Waals surface area contributed by atoms with Crippen LogP contribution < -0.4 is 5.14 Å². The minimum absolute atomic E-state index is 0.369. The summed E-state index contributed by atoms with van der Waals surface area (Å²) in [7, 11) is -3.61. The number of aliphatic imine (C=N–C) groups is 1. The highest BCUT2D eigenvalue weighted by atomic mass is 32.2. The van der Waals surface area contributed by atoms with E-state index in [1.807, 2.05) is 0 Å². The Morgan fingerprint density at radius 2 is 2.33 bits per heavy atom. The highest BCUT2D eigenvalue weighted by Gasteiger charge is 2.27. The molecule has 64 valence electrons. The molecule has 0 bridgehead atoms. The van der Waals surface area contributed by atoms with Crippen LogP contribution in [0.25, 0.3) is 0 Å². The van der Waals surface area contributed by atoms with Gasteiger partial charge in [0.1, 0.15) is 0 Å². The molecule has 1 aliphatic heterocycles. The number of aromatic nitrogens is 2. The number of nitrogens with two attached hydrogens (primary N) is 1. The Labute approximate surface area is 68.8 Å². The predicted molar refractivity (Wildman–Crippen MR) is 42.5 cm³/mol. The number of sulfonamides is 1. The molecule has 0 fully saturated rings. The van der Waals surface area contributed by atoms with Crippen LogP contribution in [0.15, 0.2) is 17.4 Å². The molecule has 1 unspecified atom stereocenters. The Kier molecular flexibility index (Phi) is 1.33. The summed E-state index contributed by atoms with van der Waals surface area (Å²) >= 11 is 0. The second-order valence-corrected chi connectivity index (χ2v) is 4.05. The van der Waals surface area contributed by atoms with Gasteiger partial charge in [0, 0.05) is 18.6 Å². The maximum absolute atomic E-state index is 10.9. The Bertz CT molecular complexity index is 432. The molecule has 0 spiro atoms. The normalized spacial score (nSPS) is 21.2. The van der Waals surface area contributed by atoms with Gasteiger partial charge in [0.2, 0.25) is 16.0 Å². The van der Waals surface area contributed by atoms with Crippen LogP contribution in [-0.4, -0.2) is 24.2 Å². The number of rotatable bonds is 1. The van der Waals surface area contributed by atoms with Crippen molar-refractivity contribution in [1.29, 1.82) is 0 Å². The number of primary sulfonamides is 1. The van der Waals surface area contributed by atoms with Gasteiger partial charge < -0.3 is 0 Å². The van der Waals surface area contributed by atoms with Gasteiger partial charge >= 0.3 is 0 Å². The summed E-state index contributed by atoms with van der Waals surface area (Å²) in [6, 6.07) is 0. The molecule has 2 N–H and O–H groups in total. The molecule has 2 heterocycles. The molecule has 6 nitrogen and oxygen atoms in total. The van der Waals surface area contributed by atoms with Crippen molar-refractivity contribution in [3.63, 3.8) is 0 Å². The van der Waals surface area contributed by atoms with Crippen molar-refractivity contribution < 1.29 is 8.42 Å². The molecule has 0 aliphatic carbocycles. The third-order valence-electron chi connectivity index (χ3n) is 1.58. The SMILES string of the molecule is NS(=O)(=O)C1C=Nc2nccn21. The van der Waals surface area contributed by atoms with Crippen molar-refractivity contribution in [3.05, 3.63) is 12.4 Å². The first-order valence-electron chi connectivity index (χ1n) is 3.18. The van der Waals surface area contributed by atoms with Crippen molar-refractivity contribution in [3.8, 4) is 0 Å². The van der Waals surface area contributed by atoms with Crippen molar-refractivity contribution >= 4 is 22.2 Å². The standard InChI is InChI=1S/C5H6N4O2S/c6-12(10,11)4-3-8-5-7-1-2-9(4)5/h1-4H,(H2,6,10,11). The van der Waals surface area contributed by atoms with Gasteiger partial charge in [-0.2, -0.15) is 0 Å². The van der Waals surface area contributed by atoms with Crippen LogP contribution in [0.2, 0.25) is 0 Å². The average Bonchev–Trinajstić information content (AvgIpc) is 2.37. The highest BCUT2D eigenvalue weighted by Crippen LogP contribution is 2.23. The fourth-order valence-corrected chi connectivity index (χ4v) is 1.76. The minimum Gasteiger partial charge on any atom is -0.292 e. The third kappa shape index (κ3) is 0.942. The second-order valence-electron chi connectivity index (χ2n) is 2.39. The fraction of sp³-hybridized carbons (Fsp3) is 0.200. The van der Waals surface area contributed by atoms with Gasteiger partial charge in [0.05, 0.1) is 0 Å². The minimum atomic E-state index is -3.61. The van der Waals surface area contributed by atoms with Crippen molar-refractivity contribution in [2.45, 2.75) is 5.37 Å². The first-order valence-corrected chi connectivity index (χ1v) is 4.78. The van der Waals surface area contributed by atoms with Gasteiger partial charge in [-0.05, 0) is 0 Å². The topological polar surface area (TPSA) is 90.3 Å². The Morgan fingerprint density at radius 1 is 1.58 bits per heavy atom. The Balaban J connectivity index is 2.55. The van der Waals surface area contributed by atoms with Crippen LogP contribution in [0, 0.1) is 0 Å². The number of imidazole rings is 1. The number of hydrogen-bond donors (Lipinski definition) is 1. The maximum atomic E-state index is 10.9. The van der Waals surface area contributed by atoms with Crippen LogP contribution in [-0.2, 0) is 10.0 Å². The molecule has 1 aromatic heterocycles. The van der Waals surface area contributed by atoms with Gasteiger partial charge in [-0.3, -0.25) is 4.57 Å². The van der Waals surface area contributed by atoms with Crippen molar-refractivity contribution in [1.82, 2.24) is 9.55 Å². The van der Waals surface area contributed by atoms with Crippen LogP contribution in [0.5, 0.6) is 0 Å². The summed E-state index contributed by atoms with van der Waals surface area (Å²) in [6.45, 7) is 0. The monoisotopic (exact) mass is 186 g/mol. The van der Waals surface area contributed by atoms with E-state index < -0.39 is 15.4 Å². The van der Waals surface area contributed by atoms with Gasteiger partial charge in [0.25, 0.3) is 0 Å². The lowest BCUT2D eigenvalue weighted by Gasteiger charge is -2.05. The van der Waals surface area contributed by atoms with E-state index in [2.05, 4.69) is 9.98 Å². The lowest BCUT2D eigenvalue weighted by Crippen LogP contribution is -2.24. The van der Waals surface area contributed by atoms with E-state index in [0.29, 0.717) is 5.95 Å². The van der Waals surface area contributed by atoms with Crippen LogP contribution >= 0.6 is 0 Å². The van der Waals surface area contributed by atoms with Gasteiger partial charge in [0.15, 0.2) is 5.37 Å². The highest BCUT2D eigenvalue weighted by molar-refractivity contribution is 7.89.